The summed E-state index contributed by atoms with van der Waals surface area (Å²) >= 11 is 12.0. The van der Waals surface area contributed by atoms with Gasteiger partial charge < -0.3 is 15.0 Å². The van der Waals surface area contributed by atoms with Crippen molar-refractivity contribution in [1.29, 1.82) is 0 Å². The fourth-order valence-corrected chi connectivity index (χ4v) is 2.91. The number of ether oxygens (including phenoxy) is 1. The maximum absolute atomic E-state index is 12.2. The first-order chi connectivity index (χ1) is 12.4. The summed E-state index contributed by atoms with van der Waals surface area (Å²) < 4.78 is 5.10. The van der Waals surface area contributed by atoms with E-state index < -0.39 is 0 Å². The van der Waals surface area contributed by atoms with Gasteiger partial charge in [0.25, 0.3) is 0 Å². The number of anilines is 1. The molecule has 1 N–H and O–H groups in total. The number of benzene rings is 2. The summed E-state index contributed by atoms with van der Waals surface area (Å²) in [6, 6.07) is 12.4. The zero-order chi connectivity index (χ0) is 19.1. The van der Waals surface area contributed by atoms with E-state index in [4.69, 9.17) is 27.9 Å². The summed E-state index contributed by atoms with van der Waals surface area (Å²) in [6.45, 7) is 1.76. The van der Waals surface area contributed by atoms with Gasteiger partial charge in [-0.1, -0.05) is 35.3 Å². The Balaban J connectivity index is 1.95. The molecule has 0 bridgehead atoms. The highest BCUT2D eigenvalue weighted by Gasteiger charge is 2.17. The zero-order valence-electron chi connectivity index (χ0n) is 14.6. The molecule has 2 aromatic carbocycles. The van der Waals surface area contributed by atoms with Crippen molar-refractivity contribution in [2.75, 3.05) is 25.1 Å². The van der Waals surface area contributed by atoms with Gasteiger partial charge in [0.15, 0.2) is 0 Å². The second kappa shape index (κ2) is 9.46. The fourth-order valence-electron chi connectivity index (χ4n) is 2.45. The maximum atomic E-state index is 12.2. The van der Waals surface area contributed by atoms with Crippen LogP contribution in [0.25, 0.3) is 0 Å². The highest BCUT2D eigenvalue weighted by Crippen LogP contribution is 2.29. The van der Waals surface area contributed by atoms with Crippen molar-refractivity contribution in [2.24, 2.45) is 0 Å². The SMILES string of the molecule is COc1ccc(N(CC(=O)NCCc2cccc(Cl)c2)C(C)=O)cc1Cl. The number of amides is 2. The first-order valence-corrected chi connectivity index (χ1v) is 8.79. The summed E-state index contributed by atoms with van der Waals surface area (Å²) in [5.74, 6) is -0.00437. The Hall–Kier alpha value is -2.24. The van der Waals surface area contributed by atoms with Crippen LogP contribution in [0.2, 0.25) is 10.0 Å². The van der Waals surface area contributed by atoms with Gasteiger partial charge in [-0.3, -0.25) is 9.59 Å². The third-order valence-electron chi connectivity index (χ3n) is 3.75. The predicted molar refractivity (Wildman–Crippen MR) is 104 cm³/mol. The molecule has 26 heavy (non-hydrogen) atoms. The molecular weight excluding hydrogens is 375 g/mol. The second-order valence-corrected chi connectivity index (χ2v) is 6.50. The molecule has 5 nitrogen and oxygen atoms in total. The minimum absolute atomic E-state index is 0.0897. The standard InChI is InChI=1S/C19H20Cl2N2O3/c1-13(24)23(16-6-7-18(26-2)17(21)11-16)12-19(25)22-9-8-14-4-3-5-15(20)10-14/h3-7,10-11H,8-9,12H2,1-2H3,(H,22,25). The molecule has 0 fully saturated rings. The Bertz CT molecular complexity index is 796. The van der Waals surface area contributed by atoms with Crippen molar-refractivity contribution >= 4 is 40.7 Å². The summed E-state index contributed by atoms with van der Waals surface area (Å²) in [6.07, 6.45) is 0.654. The van der Waals surface area contributed by atoms with Crippen LogP contribution in [0, 0.1) is 0 Å². The number of hydrogen-bond acceptors (Lipinski definition) is 3. The molecule has 2 aromatic rings. The zero-order valence-corrected chi connectivity index (χ0v) is 16.1. The molecular formula is C19H20Cl2N2O3. The molecule has 0 heterocycles. The summed E-state index contributed by atoms with van der Waals surface area (Å²) in [5, 5.41) is 3.84. The predicted octanol–water partition coefficient (Wildman–Crippen LogP) is 3.71. The van der Waals surface area contributed by atoms with E-state index in [1.54, 1.807) is 24.3 Å². The number of carbonyl (C=O) groups excluding carboxylic acids is 2. The van der Waals surface area contributed by atoms with Crippen LogP contribution < -0.4 is 15.0 Å². The average Bonchev–Trinajstić information content (AvgIpc) is 2.59. The first-order valence-electron chi connectivity index (χ1n) is 8.03. The minimum atomic E-state index is -0.255. The van der Waals surface area contributed by atoms with Crippen LogP contribution in [0.15, 0.2) is 42.5 Å². The van der Waals surface area contributed by atoms with Gasteiger partial charge in [0, 0.05) is 24.2 Å². The highest BCUT2D eigenvalue weighted by atomic mass is 35.5. The molecule has 0 saturated carbocycles. The molecule has 2 amide bonds. The Morgan fingerprint density at radius 1 is 1.15 bits per heavy atom. The lowest BCUT2D eigenvalue weighted by Gasteiger charge is -2.21. The van der Waals surface area contributed by atoms with E-state index in [0.29, 0.717) is 34.4 Å². The van der Waals surface area contributed by atoms with E-state index in [-0.39, 0.29) is 18.4 Å². The molecule has 2 rings (SSSR count). The summed E-state index contributed by atoms with van der Waals surface area (Å²) in [5.41, 5.74) is 1.57. The number of nitrogens with one attached hydrogen (secondary N) is 1. The lowest BCUT2D eigenvalue weighted by atomic mass is 10.1. The van der Waals surface area contributed by atoms with E-state index in [1.807, 2.05) is 18.2 Å². The van der Waals surface area contributed by atoms with Gasteiger partial charge in [0.1, 0.15) is 12.3 Å². The number of carbonyl (C=O) groups is 2. The number of methoxy groups -OCH3 is 1. The van der Waals surface area contributed by atoms with Crippen LogP contribution in [0.5, 0.6) is 5.75 Å². The number of halogens is 2. The van der Waals surface area contributed by atoms with Crippen LogP contribution in [0.3, 0.4) is 0 Å². The normalized spacial score (nSPS) is 10.3. The second-order valence-electron chi connectivity index (χ2n) is 5.65. The van der Waals surface area contributed by atoms with Gasteiger partial charge in [-0.25, -0.2) is 0 Å². The number of nitrogens with zero attached hydrogens (tertiary/aromatic N) is 1. The van der Waals surface area contributed by atoms with Gasteiger partial charge in [-0.05, 0) is 42.3 Å². The van der Waals surface area contributed by atoms with Crippen LogP contribution in [0.4, 0.5) is 5.69 Å². The molecule has 0 unspecified atom stereocenters. The van der Waals surface area contributed by atoms with Crippen molar-refractivity contribution in [2.45, 2.75) is 13.3 Å². The van der Waals surface area contributed by atoms with Crippen LogP contribution in [0.1, 0.15) is 12.5 Å². The minimum Gasteiger partial charge on any atom is -0.495 e. The topological polar surface area (TPSA) is 58.6 Å². The monoisotopic (exact) mass is 394 g/mol. The van der Waals surface area contributed by atoms with Crippen LogP contribution >= 0.6 is 23.2 Å². The first kappa shape index (κ1) is 20.1. The van der Waals surface area contributed by atoms with E-state index in [1.165, 1.54) is 18.9 Å². The maximum Gasteiger partial charge on any atom is 0.240 e. The van der Waals surface area contributed by atoms with Gasteiger partial charge in [0.2, 0.25) is 11.8 Å². The van der Waals surface area contributed by atoms with Crippen LogP contribution in [-0.4, -0.2) is 32.0 Å². The molecule has 0 aliphatic heterocycles. The van der Waals surface area contributed by atoms with Crippen molar-refractivity contribution in [3.8, 4) is 5.75 Å². The quantitative estimate of drug-likeness (QED) is 0.778. The van der Waals surface area contributed by atoms with Crippen molar-refractivity contribution in [3.05, 3.63) is 58.1 Å². The van der Waals surface area contributed by atoms with E-state index in [2.05, 4.69) is 5.32 Å². The van der Waals surface area contributed by atoms with Gasteiger partial charge in [0.05, 0.1) is 12.1 Å². The Morgan fingerprint density at radius 2 is 1.92 bits per heavy atom. The molecule has 0 saturated heterocycles. The Kier molecular flexibility index (Phi) is 7.30. The molecule has 7 heteroatoms. The molecule has 0 atom stereocenters. The molecule has 0 aliphatic carbocycles. The van der Waals surface area contributed by atoms with E-state index in [9.17, 15) is 9.59 Å². The lowest BCUT2D eigenvalue weighted by molar-refractivity contribution is -0.123. The molecule has 0 aromatic heterocycles. The molecule has 0 aliphatic rings. The largest absolute Gasteiger partial charge is 0.495 e. The molecule has 0 spiro atoms. The van der Waals surface area contributed by atoms with Crippen molar-refractivity contribution in [3.63, 3.8) is 0 Å². The van der Waals surface area contributed by atoms with Gasteiger partial charge in [-0.15, -0.1) is 0 Å². The molecule has 0 radical (unpaired) electrons. The average molecular weight is 395 g/mol. The third-order valence-corrected chi connectivity index (χ3v) is 4.28. The van der Waals surface area contributed by atoms with E-state index in [0.717, 1.165) is 5.56 Å². The van der Waals surface area contributed by atoms with Crippen LogP contribution in [-0.2, 0) is 16.0 Å². The van der Waals surface area contributed by atoms with Crippen molar-refractivity contribution < 1.29 is 14.3 Å². The lowest BCUT2D eigenvalue weighted by Crippen LogP contribution is -2.40. The smallest absolute Gasteiger partial charge is 0.240 e. The van der Waals surface area contributed by atoms with Gasteiger partial charge in [-0.2, -0.15) is 0 Å². The fraction of sp³-hybridized carbons (Fsp3) is 0.263. The Morgan fingerprint density at radius 3 is 2.54 bits per heavy atom. The van der Waals surface area contributed by atoms with Crippen molar-refractivity contribution in [1.82, 2.24) is 5.32 Å². The number of hydrogen-bond donors (Lipinski definition) is 1. The Labute approximate surface area is 162 Å². The molecule has 138 valence electrons. The summed E-state index contributed by atoms with van der Waals surface area (Å²) in [4.78, 5) is 25.5. The highest BCUT2D eigenvalue weighted by molar-refractivity contribution is 6.32. The van der Waals surface area contributed by atoms with Gasteiger partial charge >= 0.3 is 0 Å². The van der Waals surface area contributed by atoms with E-state index >= 15 is 0 Å². The number of rotatable bonds is 7. The third kappa shape index (κ3) is 5.64. The summed E-state index contributed by atoms with van der Waals surface area (Å²) in [7, 11) is 1.51.